The van der Waals surface area contributed by atoms with Crippen LogP contribution in [-0.2, 0) is 12.8 Å². The van der Waals surface area contributed by atoms with E-state index < -0.39 is 0 Å². The number of aliphatic hydroxyl groups is 1. The third-order valence-electron chi connectivity index (χ3n) is 4.54. The van der Waals surface area contributed by atoms with Crippen molar-refractivity contribution in [3.63, 3.8) is 0 Å². The second-order valence-electron chi connectivity index (χ2n) is 6.11. The molecule has 1 fully saturated rings. The summed E-state index contributed by atoms with van der Waals surface area (Å²) in [6.45, 7) is 2.59. The molecular formula is C14H24N4O. The van der Waals surface area contributed by atoms with Crippen LogP contribution >= 0.6 is 0 Å². The van der Waals surface area contributed by atoms with Crippen molar-refractivity contribution in [1.29, 1.82) is 0 Å². The van der Waals surface area contributed by atoms with E-state index in [0.29, 0.717) is 5.92 Å². The van der Waals surface area contributed by atoms with Gasteiger partial charge in [0.2, 0.25) is 0 Å². The van der Waals surface area contributed by atoms with E-state index in [2.05, 4.69) is 26.7 Å². The highest BCUT2D eigenvalue weighted by atomic mass is 16.3. The number of likely N-dealkylation sites (tertiary alicyclic amines) is 1. The summed E-state index contributed by atoms with van der Waals surface area (Å²) in [4.78, 5) is 2.41. The van der Waals surface area contributed by atoms with Crippen molar-refractivity contribution in [3.8, 4) is 0 Å². The molecule has 1 aromatic heterocycles. The number of piperidine rings is 1. The van der Waals surface area contributed by atoms with Gasteiger partial charge in [-0.3, -0.25) is 0 Å². The van der Waals surface area contributed by atoms with Gasteiger partial charge in [0.1, 0.15) is 11.6 Å². The number of aryl methyl sites for hydroxylation is 1. The molecule has 0 bridgehead atoms. The number of rotatable bonds is 3. The molecule has 19 heavy (non-hydrogen) atoms. The molecule has 0 amide bonds. The van der Waals surface area contributed by atoms with Crippen LogP contribution in [0.4, 0.5) is 0 Å². The maximum Gasteiger partial charge on any atom is 0.133 e. The first-order valence-electron chi connectivity index (χ1n) is 7.50. The topological polar surface area (TPSA) is 54.2 Å². The van der Waals surface area contributed by atoms with E-state index in [-0.39, 0.29) is 12.6 Å². The third kappa shape index (κ3) is 2.67. The Morgan fingerprint density at radius 2 is 2.16 bits per heavy atom. The Hall–Kier alpha value is -0.940. The molecule has 0 saturated carbocycles. The number of fused-ring (bicyclic) bond motifs is 1. The lowest BCUT2D eigenvalue weighted by Crippen LogP contribution is -2.34. The summed E-state index contributed by atoms with van der Waals surface area (Å²) in [5.41, 5.74) is 0. The highest BCUT2D eigenvalue weighted by Crippen LogP contribution is 2.27. The van der Waals surface area contributed by atoms with Gasteiger partial charge in [-0.05, 0) is 45.2 Å². The van der Waals surface area contributed by atoms with Crippen molar-refractivity contribution < 1.29 is 5.11 Å². The molecular weight excluding hydrogens is 240 g/mol. The SMILES string of the molecule is CN1CCCC(Cc2nnc3n2C(CO)CCC3)C1. The summed E-state index contributed by atoms with van der Waals surface area (Å²) in [7, 11) is 2.20. The molecule has 2 aliphatic rings. The van der Waals surface area contributed by atoms with Gasteiger partial charge in [-0.1, -0.05) is 0 Å². The Labute approximate surface area is 114 Å². The van der Waals surface area contributed by atoms with Gasteiger partial charge in [0.15, 0.2) is 0 Å². The quantitative estimate of drug-likeness (QED) is 0.886. The minimum atomic E-state index is 0.204. The predicted molar refractivity (Wildman–Crippen MR) is 73.0 cm³/mol. The van der Waals surface area contributed by atoms with Gasteiger partial charge in [-0.25, -0.2) is 0 Å². The van der Waals surface area contributed by atoms with E-state index in [1.807, 2.05) is 0 Å². The number of aromatic nitrogens is 3. The fourth-order valence-corrected chi connectivity index (χ4v) is 3.59. The largest absolute Gasteiger partial charge is 0.394 e. The monoisotopic (exact) mass is 264 g/mol. The van der Waals surface area contributed by atoms with Crippen LogP contribution in [0.25, 0.3) is 0 Å². The summed E-state index contributed by atoms with van der Waals surface area (Å²) in [5.74, 6) is 2.85. The third-order valence-corrected chi connectivity index (χ3v) is 4.54. The van der Waals surface area contributed by atoms with Crippen molar-refractivity contribution in [2.24, 2.45) is 5.92 Å². The first-order valence-corrected chi connectivity index (χ1v) is 7.50. The molecule has 1 N–H and O–H groups in total. The normalized spacial score (nSPS) is 28.3. The van der Waals surface area contributed by atoms with Gasteiger partial charge >= 0.3 is 0 Å². The molecule has 3 heterocycles. The first-order chi connectivity index (χ1) is 9.28. The Bertz CT molecular complexity index is 431. The zero-order chi connectivity index (χ0) is 13.2. The average Bonchev–Trinajstić information content (AvgIpc) is 2.82. The lowest BCUT2D eigenvalue weighted by molar-refractivity contribution is 0.191. The van der Waals surface area contributed by atoms with E-state index >= 15 is 0 Å². The summed E-state index contributed by atoms with van der Waals surface area (Å²) >= 11 is 0. The molecule has 1 saturated heterocycles. The minimum Gasteiger partial charge on any atom is -0.394 e. The molecule has 0 aliphatic carbocycles. The van der Waals surface area contributed by atoms with Gasteiger partial charge in [-0.15, -0.1) is 10.2 Å². The van der Waals surface area contributed by atoms with E-state index in [1.165, 1.54) is 19.4 Å². The molecule has 106 valence electrons. The molecule has 0 spiro atoms. The van der Waals surface area contributed by atoms with Crippen molar-refractivity contribution in [3.05, 3.63) is 11.6 Å². The van der Waals surface area contributed by atoms with Crippen molar-refractivity contribution >= 4 is 0 Å². The smallest absolute Gasteiger partial charge is 0.133 e. The van der Waals surface area contributed by atoms with Crippen molar-refractivity contribution in [2.75, 3.05) is 26.7 Å². The highest BCUT2D eigenvalue weighted by Gasteiger charge is 2.26. The molecule has 1 aromatic rings. The maximum atomic E-state index is 9.54. The Balaban J connectivity index is 1.76. The van der Waals surface area contributed by atoms with E-state index in [9.17, 15) is 5.11 Å². The summed E-state index contributed by atoms with van der Waals surface area (Å²) in [5, 5.41) is 18.3. The van der Waals surface area contributed by atoms with Gasteiger partial charge < -0.3 is 14.6 Å². The number of hydrogen-bond donors (Lipinski definition) is 1. The van der Waals surface area contributed by atoms with E-state index in [1.54, 1.807) is 0 Å². The van der Waals surface area contributed by atoms with Crippen LogP contribution in [0, 0.1) is 5.92 Å². The van der Waals surface area contributed by atoms with E-state index in [0.717, 1.165) is 43.9 Å². The lowest BCUT2D eigenvalue weighted by atomic mass is 9.94. The zero-order valence-electron chi connectivity index (χ0n) is 11.8. The summed E-state index contributed by atoms with van der Waals surface area (Å²) in [6, 6.07) is 0.204. The van der Waals surface area contributed by atoms with Gasteiger partial charge in [0, 0.05) is 19.4 Å². The molecule has 2 aliphatic heterocycles. The Morgan fingerprint density at radius 3 is 2.95 bits per heavy atom. The average molecular weight is 264 g/mol. The van der Waals surface area contributed by atoms with Crippen LogP contribution < -0.4 is 0 Å². The fraction of sp³-hybridized carbons (Fsp3) is 0.857. The lowest BCUT2D eigenvalue weighted by Gasteiger charge is -2.30. The van der Waals surface area contributed by atoms with Crippen molar-refractivity contribution in [2.45, 2.75) is 44.6 Å². The second-order valence-corrected chi connectivity index (χ2v) is 6.11. The Morgan fingerprint density at radius 1 is 1.26 bits per heavy atom. The first kappa shape index (κ1) is 13.1. The van der Waals surface area contributed by atoms with Crippen LogP contribution in [0.3, 0.4) is 0 Å². The van der Waals surface area contributed by atoms with Crippen molar-refractivity contribution in [1.82, 2.24) is 19.7 Å². The van der Waals surface area contributed by atoms with Gasteiger partial charge in [0.25, 0.3) is 0 Å². The standard InChI is InChI=1S/C14H24N4O/c1-17-7-3-4-11(9-17)8-14-16-15-13-6-2-5-12(10-19)18(13)14/h11-12,19H,2-10H2,1H3. The molecule has 5 nitrogen and oxygen atoms in total. The van der Waals surface area contributed by atoms with E-state index in [4.69, 9.17) is 0 Å². The number of hydrogen-bond acceptors (Lipinski definition) is 4. The highest BCUT2D eigenvalue weighted by molar-refractivity contribution is 5.03. The number of nitrogens with zero attached hydrogens (tertiary/aromatic N) is 4. The molecule has 3 rings (SSSR count). The van der Waals surface area contributed by atoms with Crippen LogP contribution in [-0.4, -0.2) is 51.5 Å². The van der Waals surface area contributed by atoms with Crippen LogP contribution in [0.2, 0.25) is 0 Å². The minimum absolute atomic E-state index is 0.204. The summed E-state index contributed by atoms with van der Waals surface area (Å²) < 4.78 is 2.22. The summed E-state index contributed by atoms with van der Waals surface area (Å²) in [6.07, 6.45) is 6.76. The fourth-order valence-electron chi connectivity index (χ4n) is 3.59. The number of aliphatic hydroxyl groups excluding tert-OH is 1. The predicted octanol–water partition coefficient (Wildman–Crippen LogP) is 1.03. The molecule has 2 unspecified atom stereocenters. The van der Waals surface area contributed by atoms with Gasteiger partial charge in [0.05, 0.1) is 12.6 Å². The van der Waals surface area contributed by atoms with Crippen LogP contribution in [0.5, 0.6) is 0 Å². The van der Waals surface area contributed by atoms with Crippen LogP contribution in [0.1, 0.15) is 43.4 Å². The second kappa shape index (κ2) is 5.59. The maximum absolute atomic E-state index is 9.54. The Kier molecular flexibility index (Phi) is 3.84. The van der Waals surface area contributed by atoms with Crippen LogP contribution in [0.15, 0.2) is 0 Å². The van der Waals surface area contributed by atoms with Gasteiger partial charge in [-0.2, -0.15) is 0 Å². The molecule has 0 radical (unpaired) electrons. The zero-order valence-corrected chi connectivity index (χ0v) is 11.8. The molecule has 5 heteroatoms. The molecule has 0 aromatic carbocycles. The molecule has 2 atom stereocenters.